The summed E-state index contributed by atoms with van der Waals surface area (Å²) < 4.78 is 5.89. The van der Waals surface area contributed by atoms with E-state index in [1.165, 1.54) is 0 Å². The maximum absolute atomic E-state index is 5.89. The van der Waals surface area contributed by atoms with Crippen molar-refractivity contribution in [3.05, 3.63) is 84.4 Å². The Kier molecular flexibility index (Phi) is 6.04. The van der Waals surface area contributed by atoms with Crippen LogP contribution in [0.1, 0.15) is 5.56 Å². The third kappa shape index (κ3) is 3.42. The molecule has 3 aromatic carbocycles. The Morgan fingerprint density at radius 2 is 1.85 bits per heavy atom. The Morgan fingerprint density at radius 3 is 2.69 bits per heavy atom. The number of aromatic nitrogens is 1. The van der Waals surface area contributed by atoms with Crippen LogP contribution >= 0.6 is 0 Å². The molecule has 126 valence electrons. The van der Waals surface area contributed by atoms with Gasteiger partial charge in [-0.25, -0.2) is 23.2 Å². The molecule has 0 saturated heterocycles. The zero-order valence-corrected chi connectivity index (χ0v) is 19.0. The summed E-state index contributed by atoms with van der Waals surface area (Å²) in [5.41, 5.74) is 5.74. The fourth-order valence-corrected chi connectivity index (χ4v) is 3.03. The molecule has 0 fully saturated rings. The molecule has 0 aliphatic carbocycles. The fraction of sp³-hybridized carbons (Fsp3) is 0.0455. The van der Waals surface area contributed by atoms with Crippen molar-refractivity contribution in [3.8, 4) is 28.1 Å². The molecule has 0 unspecified atom stereocenters. The summed E-state index contributed by atoms with van der Waals surface area (Å²) >= 11 is 0. The second-order valence-corrected chi connectivity index (χ2v) is 5.78. The number of hydrogen-bond donors (Lipinski definition) is 0. The molecule has 0 atom stereocenters. The van der Waals surface area contributed by atoms with Crippen LogP contribution in [-0.4, -0.2) is 4.98 Å². The summed E-state index contributed by atoms with van der Waals surface area (Å²) in [5, 5.41) is 1.08. The molecule has 4 heteroatoms. The first-order valence-corrected chi connectivity index (χ1v) is 7.85. The molecule has 0 amide bonds. The van der Waals surface area contributed by atoms with Crippen molar-refractivity contribution in [1.82, 2.24) is 4.98 Å². The SMILES string of the molecule is [Ir].[Y].[c-]1cc2c([c-]c1-c1[c-]cccc1)-c1nc3ccccc3cc1OC2. The Balaban J connectivity index is 0.000000980. The summed E-state index contributed by atoms with van der Waals surface area (Å²) in [7, 11) is 0. The monoisotopic (exact) mass is 588 g/mol. The Morgan fingerprint density at radius 1 is 1.00 bits per heavy atom. The topological polar surface area (TPSA) is 22.1 Å². The van der Waals surface area contributed by atoms with E-state index in [4.69, 9.17) is 9.72 Å². The molecule has 26 heavy (non-hydrogen) atoms. The van der Waals surface area contributed by atoms with Crippen LogP contribution in [0.4, 0.5) is 0 Å². The number of nitrogens with zero attached hydrogens (tertiary/aromatic N) is 1. The first kappa shape index (κ1) is 19.4. The molecule has 0 saturated carbocycles. The molecule has 2 radical (unpaired) electrons. The molecule has 0 bridgehead atoms. The van der Waals surface area contributed by atoms with Crippen LogP contribution in [0.3, 0.4) is 0 Å². The van der Waals surface area contributed by atoms with Gasteiger partial charge in [0.1, 0.15) is 5.75 Å². The predicted octanol–water partition coefficient (Wildman–Crippen LogP) is 4.86. The molecule has 1 aromatic heterocycles. The van der Waals surface area contributed by atoms with E-state index in [1.807, 2.05) is 54.6 Å². The summed E-state index contributed by atoms with van der Waals surface area (Å²) in [6.07, 6.45) is 0. The average Bonchev–Trinajstić information content (AvgIpc) is 2.66. The summed E-state index contributed by atoms with van der Waals surface area (Å²) in [5.74, 6) is 0.812. The fourth-order valence-electron chi connectivity index (χ4n) is 3.03. The first-order chi connectivity index (χ1) is 11.9. The molecule has 0 spiro atoms. The summed E-state index contributed by atoms with van der Waals surface area (Å²) in [6, 6.07) is 30.0. The van der Waals surface area contributed by atoms with Gasteiger partial charge in [-0.3, -0.25) is 0 Å². The van der Waals surface area contributed by atoms with Crippen LogP contribution in [-0.2, 0) is 59.4 Å². The maximum Gasteiger partial charge on any atom is 0.141 e. The quantitative estimate of drug-likeness (QED) is 0.297. The van der Waals surface area contributed by atoms with Crippen molar-refractivity contribution >= 4 is 10.9 Å². The van der Waals surface area contributed by atoms with Gasteiger partial charge >= 0.3 is 0 Å². The minimum atomic E-state index is 0. The van der Waals surface area contributed by atoms with Gasteiger partial charge in [0.05, 0.1) is 11.2 Å². The maximum atomic E-state index is 5.89. The number of rotatable bonds is 1. The molecule has 5 rings (SSSR count). The standard InChI is InChI=1S/C22H12NO.Ir.Y/c1-2-6-15(7-3-1)16-10-11-18-14-24-21-13-17-8-4-5-9-20(17)23-22(21)19(18)12-16;;/h1-6,8-9,11,13H,14H2;;/q-3;;. The summed E-state index contributed by atoms with van der Waals surface area (Å²) in [6.45, 7) is 0.522. The van der Waals surface area contributed by atoms with Gasteiger partial charge in [-0.1, -0.05) is 18.2 Å². The van der Waals surface area contributed by atoms with Crippen molar-refractivity contribution in [1.29, 1.82) is 0 Å². The van der Waals surface area contributed by atoms with Gasteiger partial charge in [0.25, 0.3) is 0 Å². The molecule has 2 nitrogen and oxygen atoms in total. The van der Waals surface area contributed by atoms with Gasteiger partial charge in [0.15, 0.2) is 0 Å². The van der Waals surface area contributed by atoms with E-state index in [9.17, 15) is 0 Å². The van der Waals surface area contributed by atoms with Gasteiger partial charge < -0.3 is 28.0 Å². The molecule has 1 aliphatic rings. The molecule has 2 heterocycles. The Labute approximate surface area is 191 Å². The minimum Gasteiger partial charge on any atom is -0.504 e. The Hall–Kier alpha value is -1.38. The van der Waals surface area contributed by atoms with Crippen LogP contribution in [0, 0.1) is 18.2 Å². The van der Waals surface area contributed by atoms with Crippen molar-refractivity contribution in [2.75, 3.05) is 0 Å². The van der Waals surface area contributed by atoms with Crippen molar-refractivity contribution in [3.63, 3.8) is 0 Å². The number of para-hydroxylation sites is 1. The number of fused-ring (bicyclic) bond motifs is 4. The van der Waals surface area contributed by atoms with E-state index in [1.54, 1.807) is 0 Å². The van der Waals surface area contributed by atoms with E-state index in [0.29, 0.717) is 6.61 Å². The Bertz CT molecular complexity index is 1070. The molecular formula is C22H12IrNOY-3. The number of benzene rings is 3. The smallest absolute Gasteiger partial charge is 0.141 e. The number of hydrogen-bond acceptors (Lipinski definition) is 2. The third-order valence-corrected chi connectivity index (χ3v) is 4.25. The second kappa shape index (κ2) is 8.10. The van der Waals surface area contributed by atoms with Crippen molar-refractivity contribution < 1.29 is 57.6 Å². The number of pyridine rings is 1. The van der Waals surface area contributed by atoms with Crippen LogP contribution in [0.2, 0.25) is 0 Å². The third-order valence-electron chi connectivity index (χ3n) is 4.25. The van der Waals surface area contributed by atoms with E-state index < -0.39 is 0 Å². The largest absolute Gasteiger partial charge is 0.504 e. The van der Waals surface area contributed by atoms with Gasteiger partial charge in [0, 0.05) is 64.8 Å². The van der Waals surface area contributed by atoms with E-state index in [2.05, 4.69) is 24.3 Å². The molecular weight excluding hydrogens is 575 g/mol. The first-order valence-electron chi connectivity index (χ1n) is 7.85. The zero-order chi connectivity index (χ0) is 15.9. The minimum absolute atomic E-state index is 0. The van der Waals surface area contributed by atoms with Crippen molar-refractivity contribution in [2.24, 2.45) is 0 Å². The summed E-state index contributed by atoms with van der Waals surface area (Å²) in [4.78, 5) is 4.81. The van der Waals surface area contributed by atoms with Crippen LogP contribution in [0.5, 0.6) is 5.75 Å². The van der Waals surface area contributed by atoms with Gasteiger partial charge in [-0.15, -0.1) is 6.07 Å². The predicted molar refractivity (Wildman–Crippen MR) is 93.5 cm³/mol. The molecule has 0 N–H and O–H groups in total. The normalized spacial score (nSPS) is 11.4. The number of ether oxygens (including phenoxy) is 1. The van der Waals surface area contributed by atoms with E-state index in [0.717, 1.165) is 44.6 Å². The van der Waals surface area contributed by atoms with E-state index >= 15 is 0 Å². The van der Waals surface area contributed by atoms with Crippen LogP contribution in [0.15, 0.2) is 60.7 Å². The van der Waals surface area contributed by atoms with Gasteiger partial charge in [-0.2, -0.15) is 23.3 Å². The van der Waals surface area contributed by atoms with Gasteiger partial charge in [0.2, 0.25) is 0 Å². The molecule has 4 aromatic rings. The van der Waals surface area contributed by atoms with Crippen molar-refractivity contribution in [2.45, 2.75) is 6.61 Å². The van der Waals surface area contributed by atoms with Gasteiger partial charge in [-0.05, 0) is 12.1 Å². The second-order valence-electron chi connectivity index (χ2n) is 5.78. The zero-order valence-electron chi connectivity index (χ0n) is 13.7. The average molecular weight is 587 g/mol. The van der Waals surface area contributed by atoms with E-state index in [-0.39, 0.29) is 52.8 Å². The van der Waals surface area contributed by atoms with Crippen LogP contribution < -0.4 is 4.74 Å². The molecule has 1 aliphatic heterocycles. The van der Waals surface area contributed by atoms with Crippen LogP contribution in [0.25, 0.3) is 33.3 Å².